The van der Waals surface area contributed by atoms with Crippen molar-refractivity contribution in [2.24, 2.45) is 0 Å². The van der Waals surface area contributed by atoms with Crippen molar-refractivity contribution in [1.29, 1.82) is 0 Å². The predicted molar refractivity (Wildman–Crippen MR) is 124 cm³/mol. The molecule has 0 aliphatic heterocycles. The van der Waals surface area contributed by atoms with E-state index in [1.54, 1.807) is 6.20 Å². The van der Waals surface area contributed by atoms with E-state index >= 15 is 0 Å². The van der Waals surface area contributed by atoms with Crippen LogP contribution in [0.25, 0.3) is 11.0 Å². The van der Waals surface area contributed by atoms with Gasteiger partial charge in [-0.15, -0.1) is 0 Å². The van der Waals surface area contributed by atoms with E-state index in [-0.39, 0.29) is 0 Å². The number of aryl methyl sites for hydroxylation is 2. The highest BCUT2D eigenvalue weighted by molar-refractivity contribution is 5.87. The Morgan fingerprint density at radius 3 is 2.71 bits per heavy atom. The Balaban J connectivity index is 0.000000248. The maximum absolute atomic E-state index is 10.3. The van der Waals surface area contributed by atoms with E-state index in [0.717, 1.165) is 54.1 Å². The van der Waals surface area contributed by atoms with E-state index < -0.39 is 0 Å². The second kappa shape index (κ2) is 11.5. The highest BCUT2D eigenvalue weighted by atomic mass is 16.5. The molecule has 31 heavy (non-hydrogen) atoms. The molecule has 0 atom stereocenters. The summed E-state index contributed by atoms with van der Waals surface area (Å²) in [5, 5.41) is 2.67. The van der Waals surface area contributed by atoms with Crippen LogP contribution in [-0.4, -0.2) is 34.1 Å². The van der Waals surface area contributed by atoms with E-state index in [1.165, 1.54) is 18.4 Å². The van der Waals surface area contributed by atoms with Gasteiger partial charge in [0.1, 0.15) is 17.9 Å². The molecule has 1 aromatic carbocycles. The minimum Gasteiger partial charge on any atom is -0.382 e. The van der Waals surface area contributed by atoms with Crippen LogP contribution in [-0.2, 0) is 22.7 Å². The van der Waals surface area contributed by atoms with E-state index in [9.17, 15) is 4.79 Å². The number of nitrogen functional groups attached to an aromatic ring is 1. The highest BCUT2D eigenvalue weighted by Gasteiger charge is 2.22. The fraction of sp³-hybridized carbons (Fsp3) is 0.458. The number of amides is 1. The summed E-state index contributed by atoms with van der Waals surface area (Å²) >= 11 is 0. The summed E-state index contributed by atoms with van der Waals surface area (Å²) in [6, 6.07) is 10.8. The third kappa shape index (κ3) is 6.28. The van der Waals surface area contributed by atoms with Gasteiger partial charge < -0.3 is 20.4 Å². The monoisotopic (exact) mass is 423 g/mol. The number of rotatable bonds is 10. The Labute approximate surface area is 184 Å². The largest absolute Gasteiger partial charge is 0.382 e. The van der Waals surface area contributed by atoms with Gasteiger partial charge in [0.2, 0.25) is 6.41 Å². The van der Waals surface area contributed by atoms with Crippen molar-refractivity contribution in [2.45, 2.75) is 58.6 Å². The van der Waals surface area contributed by atoms with Gasteiger partial charge in [0.25, 0.3) is 0 Å². The van der Waals surface area contributed by atoms with Crippen molar-refractivity contribution >= 4 is 23.3 Å². The molecule has 1 aliphatic carbocycles. The van der Waals surface area contributed by atoms with Gasteiger partial charge in [-0.1, -0.05) is 30.3 Å². The summed E-state index contributed by atoms with van der Waals surface area (Å²) in [4.78, 5) is 19.0. The molecule has 1 saturated carbocycles. The van der Waals surface area contributed by atoms with E-state index in [0.29, 0.717) is 25.6 Å². The number of carbonyl (C=O) groups excluding carboxylic acids is 1. The summed E-state index contributed by atoms with van der Waals surface area (Å²) in [6.45, 7) is 6.55. The number of unbranched alkanes of at least 4 members (excludes halogenated alkanes) is 1. The number of ether oxygens (including phenoxy) is 1. The molecule has 4 rings (SSSR count). The molecule has 3 N–H and O–H groups in total. The van der Waals surface area contributed by atoms with Crippen LogP contribution in [0.2, 0.25) is 0 Å². The van der Waals surface area contributed by atoms with Crippen molar-refractivity contribution in [2.75, 3.05) is 18.9 Å². The first-order chi connectivity index (χ1) is 15.2. The van der Waals surface area contributed by atoms with Gasteiger partial charge in [-0.05, 0) is 56.6 Å². The van der Waals surface area contributed by atoms with Gasteiger partial charge in [-0.3, -0.25) is 4.79 Å². The molecule has 0 radical (unpaired) electrons. The Kier molecular flexibility index (Phi) is 8.41. The predicted octanol–water partition coefficient (Wildman–Crippen LogP) is 3.95. The lowest BCUT2D eigenvalue weighted by Crippen LogP contribution is -2.13. The third-order valence-corrected chi connectivity index (χ3v) is 5.38. The SMILES string of the molecule is CCOCc1nc2c(N)ncc(C)c2n1CCCCNC=O.c1ccc(C2CC2)cc1. The zero-order chi connectivity index (χ0) is 22.1. The number of hydrogen-bond donors (Lipinski definition) is 2. The molecule has 0 bridgehead atoms. The standard InChI is InChI=1S/C15H23N5O2.C9H10/c1-3-22-9-12-19-13-14(11(2)8-18-15(13)16)20(12)7-5-4-6-17-10-21;1-2-4-8(5-3-1)9-6-7-9/h8,10H,3-7,9H2,1-2H3,(H2,16,18)(H,17,21);1-5,9H,6-7H2. The van der Waals surface area contributed by atoms with Crippen LogP contribution in [0.15, 0.2) is 36.5 Å². The lowest BCUT2D eigenvalue weighted by Gasteiger charge is -2.10. The third-order valence-electron chi connectivity index (χ3n) is 5.38. The van der Waals surface area contributed by atoms with Crippen molar-refractivity contribution < 1.29 is 9.53 Å². The van der Waals surface area contributed by atoms with Crippen LogP contribution in [0.4, 0.5) is 5.82 Å². The van der Waals surface area contributed by atoms with Gasteiger partial charge in [-0.25, -0.2) is 9.97 Å². The molecule has 7 heteroatoms. The number of nitrogens with two attached hydrogens (primary N) is 1. The number of carbonyl (C=O) groups is 1. The van der Waals surface area contributed by atoms with E-state index in [2.05, 4.69) is 50.2 Å². The summed E-state index contributed by atoms with van der Waals surface area (Å²) in [6.07, 6.45) is 7.16. The maximum Gasteiger partial charge on any atom is 0.207 e. The minimum absolute atomic E-state index is 0.444. The van der Waals surface area contributed by atoms with Crippen molar-refractivity contribution in [1.82, 2.24) is 19.9 Å². The van der Waals surface area contributed by atoms with Crippen molar-refractivity contribution in [3.05, 3.63) is 53.5 Å². The Morgan fingerprint density at radius 1 is 1.26 bits per heavy atom. The molecule has 166 valence electrons. The number of nitrogens with one attached hydrogen (secondary N) is 1. The summed E-state index contributed by atoms with van der Waals surface area (Å²) in [7, 11) is 0. The molecule has 3 aromatic rings. The molecule has 1 aliphatic rings. The second-order valence-electron chi connectivity index (χ2n) is 7.80. The minimum atomic E-state index is 0.444. The number of aromatic nitrogens is 3. The summed E-state index contributed by atoms with van der Waals surface area (Å²) in [5.74, 6) is 2.22. The van der Waals surface area contributed by atoms with E-state index in [4.69, 9.17) is 10.5 Å². The summed E-state index contributed by atoms with van der Waals surface area (Å²) < 4.78 is 7.66. The second-order valence-corrected chi connectivity index (χ2v) is 7.80. The van der Waals surface area contributed by atoms with E-state index in [1.807, 2.05) is 13.8 Å². The van der Waals surface area contributed by atoms with Gasteiger partial charge in [0.05, 0.1) is 5.52 Å². The van der Waals surface area contributed by atoms with Crippen LogP contribution in [0, 0.1) is 6.92 Å². The number of nitrogens with zero attached hydrogens (tertiary/aromatic N) is 3. The lowest BCUT2D eigenvalue weighted by molar-refractivity contribution is -0.109. The Morgan fingerprint density at radius 2 is 2.03 bits per heavy atom. The molecule has 0 spiro atoms. The molecule has 1 amide bonds. The molecule has 1 fully saturated rings. The van der Waals surface area contributed by atoms with Crippen molar-refractivity contribution in [3.8, 4) is 0 Å². The molecule has 0 unspecified atom stereocenters. The Hall–Kier alpha value is -2.93. The first kappa shape index (κ1) is 22.7. The van der Waals surface area contributed by atoms with Gasteiger partial charge in [-0.2, -0.15) is 0 Å². The molecular weight excluding hydrogens is 390 g/mol. The summed E-state index contributed by atoms with van der Waals surface area (Å²) in [5.41, 5.74) is 10.3. The number of imidazole rings is 1. The Bertz CT molecular complexity index is 967. The van der Waals surface area contributed by atoms with Gasteiger partial charge >= 0.3 is 0 Å². The molecule has 7 nitrogen and oxygen atoms in total. The molecular formula is C24H33N5O2. The fourth-order valence-corrected chi connectivity index (χ4v) is 3.61. The molecule has 2 heterocycles. The van der Waals surface area contributed by atoms with Crippen molar-refractivity contribution in [3.63, 3.8) is 0 Å². The van der Waals surface area contributed by atoms with Gasteiger partial charge in [0.15, 0.2) is 5.82 Å². The average molecular weight is 424 g/mol. The number of fused-ring (bicyclic) bond motifs is 1. The quantitative estimate of drug-likeness (QED) is 0.380. The maximum atomic E-state index is 10.3. The first-order valence-electron chi connectivity index (χ1n) is 11.1. The number of benzene rings is 1. The fourth-order valence-electron chi connectivity index (χ4n) is 3.61. The van der Waals surface area contributed by atoms with Crippen LogP contribution >= 0.6 is 0 Å². The number of pyridine rings is 1. The van der Waals surface area contributed by atoms with Crippen LogP contribution < -0.4 is 11.1 Å². The molecule has 2 aromatic heterocycles. The highest BCUT2D eigenvalue weighted by Crippen LogP contribution is 2.39. The van der Waals surface area contributed by atoms with Gasteiger partial charge in [0, 0.05) is 25.9 Å². The van der Waals surface area contributed by atoms with Crippen LogP contribution in [0.5, 0.6) is 0 Å². The number of anilines is 1. The smallest absolute Gasteiger partial charge is 0.207 e. The average Bonchev–Trinajstić information content (AvgIpc) is 3.58. The number of hydrogen-bond acceptors (Lipinski definition) is 5. The topological polar surface area (TPSA) is 95.1 Å². The molecule has 0 saturated heterocycles. The zero-order valence-corrected chi connectivity index (χ0v) is 18.5. The normalized spacial score (nSPS) is 13.0. The lowest BCUT2D eigenvalue weighted by atomic mass is 10.1. The first-order valence-corrected chi connectivity index (χ1v) is 11.1. The zero-order valence-electron chi connectivity index (χ0n) is 18.5. The van der Waals surface area contributed by atoms with Crippen LogP contribution in [0.1, 0.15) is 55.5 Å². The van der Waals surface area contributed by atoms with Crippen LogP contribution in [0.3, 0.4) is 0 Å².